The summed E-state index contributed by atoms with van der Waals surface area (Å²) in [5.41, 5.74) is 4.02. The molecule has 1 aliphatic rings. The van der Waals surface area contributed by atoms with Crippen molar-refractivity contribution < 1.29 is 9.53 Å². The van der Waals surface area contributed by atoms with Crippen molar-refractivity contribution in [2.75, 3.05) is 13.4 Å². The Morgan fingerprint density at radius 3 is 2.28 bits per heavy atom. The highest BCUT2D eigenvalue weighted by atomic mass is 32.2. The van der Waals surface area contributed by atoms with Gasteiger partial charge in [0.25, 0.3) is 5.91 Å². The van der Waals surface area contributed by atoms with Crippen molar-refractivity contribution >= 4 is 17.7 Å². The van der Waals surface area contributed by atoms with Gasteiger partial charge in [0.1, 0.15) is 11.4 Å². The van der Waals surface area contributed by atoms with E-state index in [1.807, 2.05) is 29.2 Å². The molecule has 0 saturated heterocycles. The fraction of sp³-hybridized carbons (Fsp3) is 0.304. The summed E-state index contributed by atoms with van der Waals surface area (Å²) < 4.78 is 5.28. The number of H-pyrrole nitrogens is 1. The van der Waals surface area contributed by atoms with Crippen LogP contribution in [-0.2, 0) is 0 Å². The molecule has 1 N–H and O–H groups in total. The smallest absolute Gasteiger partial charge is 0.273 e. The summed E-state index contributed by atoms with van der Waals surface area (Å²) in [5.74, 6) is 0.774. The lowest BCUT2D eigenvalue weighted by molar-refractivity contribution is 0.0546. The number of thioether (sulfide) groups is 1. The zero-order chi connectivity index (χ0) is 20.8. The van der Waals surface area contributed by atoms with Gasteiger partial charge in [-0.05, 0) is 69.0 Å². The summed E-state index contributed by atoms with van der Waals surface area (Å²) in [6, 6.07) is 16.0. The number of ether oxygens (including phenoxy) is 1. The molecule has 150 valence electrons. The number of carbonyl (C=O) groups excluding carboxylic acids is 1. The second-order valence-corrected chi connectivity index (χ2v) is 8.99. The lowest BCUT2D eigenvalue weighted by Crippen LogP contribution is -2.44. The molecule has 0 bridgehead atoms. The number of nitrogens with one attached hydrogen (secondary N) is 1. The number of carbonyl (C=O) groups is 1. The second-order valence-electron chi connectivity index (χ2n) is 8.11. The summed E-state index contributed by atoms with van der Waals surface area (Å²) in [5, 5.41) is 7.53. The zero-order valence-corrected chi connectivity index (χ0v) is 18.1. The van der Waals surface area contributed by atoms with Crippen LogP contribution in [0.2, 0.25) is 0 Å². The Morgan fingerprint density at radius 1 is 1.07 bits per heavy atom. The highest BCUT2D eigenvalue weighted by Crippen LogP contribution is 2.46. The van der Waals surface area contributed by atoms with Crippen LogP contribution in [0.3, 0.4) is 0 Å². The van der Waals surface area contributed by atoms with Gasteiger partial charge in [-0.2, -0.15) is 5.10 Å². The van der Waals surface area contributed by atoms with Crippen LogP contribution in [0, 0.1) is 0 Å². The maximum absolute atomic E-state index is 13.3. The number of fused-ring (bicyclic) bond motifs is 1. The number of aromatic nitrogens is 2. The molecule has 3 aromatic rings. The SMILES string of the molecule is COc1ccc(-c2n[nH]c3c2C(c2ccc(SC)cc2)N(C(C)(C)C)C3=O)cc1. The topological polar surface area (TPSA) is 58.2 Å². The van der Waals surface area contributed by atoms with Gasteiger partial charge in [0.05, 0.1) is 18.8 Å². The minimum atomic E-state index is -0.336. The van der Waals surface area contributed by atoms with E-state index in [-0.39, 0.29) is 17.5 Å². The van der Waals surface area contributed by atoms with Gasteiger partial charge in [0.2, 0.25) is 0 Å². The van der Waals surface area contributed by atoms with Crippen LogP contribution in [0.15, 0.2) is 53.4 Å². The van der Waals surface area contributed by atoms with Gasteiger partial charge in [-0.15, -0.1) is 11.8 Å². The molecule has 6 heteroatoms. The van der Waals surface area contributed by atoms with Gasteiger partial charge in [-0.3, -0.25) is 9.89 Å². The first-order valence-electron chi connectivity index (χ1n) is 9.55. The predicted molar refractivity (Wildman–Crippen MR) is 117 cm³/mol. The molecular formula is C23H25N3O2S. The van der Waals surface area contributed by atoms with Gasteiger partial charge in [0.15, 0.2) is 0 Å². The van der Waals surface area contributed by atoms with Crippen molar-refractivity contribution in [3.63, 3.8) is 0 Å². The summed E-state index contributed by atoms with van der Waals surface area (Å²) in [4.78, 5) is 16.5. The Kier molecular flexibility index (Phi) is 4.90. The third-order valence-electron chi connectivity index (χ3n) is 5.29. The minimum absolute atomic E-state index is 0.0151. The molecular weight excluding hydrogens is 382 g/mol. The lowest BCUT2D eigenvalue weighted by Gasteiger charge is -2.37. The van der Waals surface area contributed by atoms with Gasteiger partial charge >= 0.3 is 0 Å². The Hall–Kier alpha value is -2.73. The van der Waals surface area contributed by atoms with Crippen LogP contribution < -0.4 is 4.74 Å². The average molecular weight is 408 g/mol. The van der Waals surface area contributed by atoms with Crippen molar-refractivity contribution in [2.24, 2.45) is 0 Å². The molecule has 1 amide bonds. The van der Waals surface area contributed by atoms with Crippen LogP contribution in [0.1, 0.15) is 48.4 Å². The third kappa shape index (κ3) is 3.31. The molecule has 0 fully saturated rings. The number of amides is 1. The van der Waals surface area contributed by atoms with E-state index >= 15 is 0 Å². The van der Waals surface area contributed by atoms with E-state index in [1.165, 1.54) is 4.90 Å². The Labute approximate surface area is 175 Å². The molecule has 0 aliphatic carbocycles. The van der Waals surface area contributed by atoms with E-state index in [1.54, 1.807) is 18.9 Å². The van der Waals surface area contributed by atoms with Crippen LogP contribution in [0.4, 0.5) is 0 Å². The van der Waals surface area contributed by atoms with Gasteiger partial charge in [0, 0.05) is 21.6 Å². The number of methoxy groups -OCH3 is 1. The molecule has 0 spiro atoms. The summed E-state index contributed by atoms with van der Waals surface area (Å²) in [7, 11) is 1.65. The van der Waals surface area contributed by atoms with Crippen LogP contribution in [-0.4, -0.2) is 39.9 Å². The van der Waals surface area contributed by atoms with E-state index < -0.39 is 0 Å². The van der Waals surface area contributed by atoms with Crippen LogP contribution >= 0.6 is 11.8 Å². The first-order valence-corrected chi connectivity index (χ1v) is 10.8. The quantitative estimate of drug-likeness (QED) is 0.608. The fourth-order valence-electron chi connectivity index (χ4n) is 3.91. The Bertz CT molecular complexity index is 1030. The molecule has 2 heterocycles. The number of nitrogens with zero attached hydrogens (tertiary/aromatic N) is 2. The van der Waals surface area contributed by atoms with Crippen molar-refractivity contribution in [1.29, 1.82) is 0 Å². The molecule has 0 radical (unpaired) electrons. The molecule has 0 saturated carbocycles. The predicted octanol–water partition coefficient (Wildman–Crippen LogP) is 5.15. The largest absolute Gasteiger partial charge is 0.497 e. The fourth-order valence-corrected chi connectivity index (χ4v) is 4.32. The zero-order valence-electron chi connectivity index (χ0n) is 17.3. The molecule has 1 aromatic heterocycles. The molecule has 1 aliphatic heterocycles. The van der Waals surface area contributed by atoms with E-state index in [4.69, 9.17) is 4.74 Å². The molecule has 29 heavy (non-hydrogen) atoms. The third-order valence-corrected chi connectivity index (χ3v) is 6.03. The molecule has 2 aromatic carbocycles. The maximum atomic E-state index is 13.3. The van der Waals surface area contributed by atoms with Crippen molar-refractivity contribution in [1.82, 2.24) is 15.1 Å². The first-order chi connectivity index (χ1) is 13.8. The van der Waals surface area contributed by atoms with Gasteiger partial charge < -0.3 is 9.64 Å². The van der Waals surface area contributed by atoms with E-state index in [0.717, 1.165) is 28.1 Å². The molecule has 1 atom stereocenters. The first kappa shape index (κ1) is 19.6. The van der Waals surface area contributed by atoms with Crippen molar-refractivity contribution in [3.8, 4) is 17.0 Å². The summed E-state index contributed by atoms with van der Waals surface area (Å²) in [6.07, 6.45) is 2.06. The molecule has 1 unspecified atom stereocenters. The normalized spacial score (nSPS) is 16.2. The number of hydrogen-bond acceptors (Lipinski definition) is 4. The van der Waals surface area contributed by atoms with Crippen LogP contribution in [0.25, 0.3) is 11.3 Å². The van der Waals surface area contributed by atoms with Crippen molar-refractivity contribution in [2.45, 2.75) is 37.2 Å². The summed E-state index contributed by atoms with van der Waals surface area (Å²) in [6.45, 7) is 6.21. The highest BCUT2D eigenvalue weighted by molar-refractivity contribution is 7.98. The highest BCUT2D eigenvalue weighted by Gasteiger charge is 2.46. The standard InChI is InChI=1S/C23H25N3O2S/c1-23(2,3)26-21(15-8-12-17(29-5)13-9-15)18-19(24-25-20(18)22(26)27)14-6-10-16(28-4)11-7-14/h6-13,21H,1-5H3,(H,24,25). The molecule has 4 rings (SSSR count). The maximum Gasteiger partial charge on any atom is 0.273 e. The van der Waals surface area contributed by atoms with Gasteiger partial charge in [-0.1, -0.05) is 12.1 Å². The second kappa shape index (κ2) is 7.26. The average Bonchev–Trinajstić information content (AvgIpc) is 3.27. The number of rotatable bonds is 4. The lowest BCUT2D eigenvalue weighted by atomic mass is 9.93. The number of benzene rings is 2. The van der Waals surface area contributed by atoms with E-state index in [2.05, 4.69) is 61.5 Å². The van der Waals surface area contributed by atoms with E-state index in [9.17, 15) is 4.79 Å². The Morgan fingerprint density at radius 2 is 1.72 bits per heavy atom. The minimum Gasteiger partial charge on any atom is -0.497 e. The van der Waals surface area contributed by atoms with Crippen molar-refractivity contribution in [3.05, 3.63) is 65.4 Å². The Balaban J connectivity index is 1.88. The monoisotopic (exact) mass is 407 g/mol. The van der Waals surface area contributed by atoms with Gasteiger partial charge in [-0.25, -0.2) is 0 Å². The van der Waals surface area contributed by atoms with Crippen LogP contribution in [0.5, 0.6) is 5.75 Å². The number of aromatic amines is 1. The summed E-state index contributed by atoms with van der Waals surface area (Å²) >= 11 is 1.71. The van der Waals surface area contributed by atoms with E-state index in [0.29, 0.717) is 5.69 Å². The molecule has 5 nitrogen and oxygen atoms in total. The number of hydrogen-bond donors (Lipinski definition) is 1.